The van der Waals surface area contributed by atoms with Gasteiger partial charge in [0.1, 0.15) is 0 Å². The van der Waals surface area contributed by atoms with Crippen molar-refractivity contribution in [1.82, 2.24) is 0 Å². The van der Waals surface area contributed by atoms with Gasteiger partial charge in [-0.3, -0.25) is 0 Å². The maximum absolute atomic E-state index is 12.7. The Hall–Kier alpha value is -1.84. The molecular formula is C13H8F4. The highest BCUT2D eigenvalue weighted by molar-refractivity contribution is 5.87. The van der Waals surface area contributed by atoms with E-state index in [0.717, 1.165) is 0 Å². The SMILES string of the molecule is FC(F)=Cc1ccc2c(C(F)F)cccc2c1. The first-order chi connectivity index (χ1) is 8.08. The molecule has 0 bridgehead atoms. The number of hydrogen-bond acceptors (Lipinski definition) is 0. The second-order valence-corrected chi connectivity index (χ2v) is 3.56. The first-order valence-electron chi connectivity index (χ1n) is 4.91. The molecule has 0 aliphatic carbocycles. The molecule has 0 unspecified atom stereocenters. The van der Waals surface area contributed by atoms with Crippen LogP contribution in [0.25, 0.3) is 16.8 Å². The third-order valence-electron chi connectivity index (χ3n) is 2.45. The van der Waals surface area contributed by atoms with E-state index < -0.39 is 12.5 Å². The van der Waals surface area contributed by atoms with Gasteiger partial charge in [0.2, 0.25) is 0 Å². The molecule has 0 saturated carbocycles. The van der Waals surface area contributed by atoms with Gasteiger partial charge in [0.15, 0.2) is 0 Å². The number of fused-ring (bicyclic) bond motifs is 1. The molecule has 0 atom stereocenters. The van der Waals surface area contributed by atoms with Crippen molar-refractivity contribution in [2.24, 2.45) is 0 Å². The van der Waals surface area contributed by atoms with Gasteiger partial charge in [-0.15, -0.1) is 0 Å². The van der Waals surface area contributed by atoms with Crippen LogP contribution in [0.5, 0.6) is 0 Å². The Morgan fingerprint density at radius 2 is 1.82 bits per heavy atom. The molecule has 0 spiro atoms. The smallest absolute Gasteiger partial charge is 0.205 e. The van der Waals surface area contributed by atoms with E-state index in [1.807, 2.05) is 0 Å². The fourth-order valence-electron chi connectivity index (χ4n) is 1.73. The zero-order valence-electron chi connectivity index (χ0n) is 8.63. The molecule has 0 nitrogen and oxygen atoms in total. The summed E-state index contributed by atoms with van der Waals surface area (Å²) in [5.74, 6) is 0. The lowest BCUT2D eigenvalue weighted by molar-refractivity contribution is 0.153. The molecule has 2 aromatic rings. The topological polar surface area (TPSA) is 0 Å². The predicted octanol–water partition coefficient (Wildman–Crippen LogP) is 5.01. The van der Waals surface area contributed by atoms with Gasteiger partial charge in [-0.2, -0.15) is 8.78 Å². The van der Waals surface area contributed by atoms with Crippen molar-refractivity contribution in [2.75, 3.05) is 0 Å². The molecule has 0 saturated heterocycles. The second kappa shape index (κ2) is 4.57. The summed E-state index contributed by atoms with van der Waals surface area (Å²) in [6.07, 6.45) is -3.68. The minimum atomic E-state index is -2.57. The normalized spacial score (nSPS) is 10.9. The standard InChI is InChI=1S/C13H8F4/c14-12(15)7-8-4-5-10-9(6-8)2-1-3-11(10)13(16)17/h1-7,13H. The Kier molecular flexibility index (Phi) is 3.13. The van der Waals surface area contributed by atoms with Crippen LogP contribution in [0.2, 0.25) is 0 Å². The average molecular weight is 240 g/mol. The van der Waals surface area contributed by atoms with E-state index in [9.17, 15) is 17.6 Å². The maximum Gasteiger partial charge on any atom is 0.270 e. The van der Waals surface area contributed by atoms with Crippen molar-refractivity contribution >= 4 is 16.8 Å². The highest BCUT2D eigenvalue weighted by Gasteiger charge is 2.10. The summed E-state index contributed by atoms with van der Waals surface area (Å²) in [5.41, 5.74) is 0.211. The van der Waals surface area contributed by atoms with Gasteiger partial charge in [0, 0.05) is 11.6 Å². The molecule has 0 heterocycles. The summed E-state index contributed by atoms with van der Waals surface area (Å²) in [5, 5.41) is 0.914. The largest absolute Gasteiger partial charge is 0.270 e. The fraction of sp³-hybridized carbons (Fsp3) is 0.0769. The third-order valence-corrected chi connectivity index (χ3v) is 2.45. The number of benzene rings is 2. The van der Waals surface area contributed by atoms with Crippen molar-refractivity contribution in [1.29, 1.82) is 0 Å². The van der Waals surface area contributed by atoms with E-state index in [-0.39, 0.29) is 5.56 Å². The molecule has 0 radical (unpaired) electrons. The fourth-order valence-corrected chi connectivity index (χ4v) is 1.73. The molecule has 88 valence electrons. The minimum Gasteiger partial charge on any atom is -0.205 e. The van der Waals surface area contributed by atoms with Gasteiger partial charge in [0.05, 0.1) is 0 Å². The van der Waals surface area contributed by atoms with Gasteiger partial charge < -0.3 is 0 Å². The number of hydrogen-bond donors (Lipinski definition) is 0. The van der Waals surface area contributed by atoms with E-state index in [4.69, 9.17) is 0 Å². The van der Waals surface area contributed by atoms with Crippen LogP contribution < -0.4 is 0 Å². The highest BCUT2D eigenvalue weighted by atomic mass is 19.3. The van der Waals surface area contributed by atoms with Crippen molar-refractivity contribution in [2.45, 2.75) is 6.43 Å². The van der Waals surface area contributed by atoms with Crippen LogP contribution in [0.3, 0.4) is 0 Å². The minimum absolute atomic E-state index is 0.0845. The van der Waals surface area contributed by atoms with E-state index in [2.05, 4.69) is 0 Å². The summed E-state index contributed by atoms with van der Waals surface area (Å²) >= 11 is 0. The maximum atomic E-state index is 12.7. The van der Waals surface area contributed by atoms with Crippen LogP contribution in [-0.2, 0) is 0 Å². The van der Waals surface area contributed by atoms with E-state index in [1.165, 1.54) is 30.3 Å². The van der Waals surface area contributed by atoms with Crippen molar-refractivity contribution < 1.29 is 17.6 Å². The number of rotatable bonds is 2. The quantitative estimate of drug-likeness (QED) is 0.647. The van der Waals surface area contributed by atoms with Crippen LogP contribution in [-0.4, -0.2) is 0 Å². The van der Waals surface area contributed by atoms with E-state index in [0.29, 0.717) is 22.4 Å². The lowest BCUT2D eigenvalue weighted by Crippen LogP contribution is -1.87. The van der Waals surface area contributed by atoms with Gasteiger partial charge in [-0.05, 0) is 22.4 Å². The molecule has 4 heteroatoms. The van der Waals surface area contributed by atoms with Crippen molar-refractivity contribution in [3.63, 3.8) is 0 Å². The zero-order valence-corrected chi connectivity index (χ0v) is 8.63. The molecule has 2 rings (SSSR count). The average Bonchev–Trinajstić information content (AvgIpc) is 2.26. The molecule has 2 aromatic carbocycles. The number of alkyl halides is 2. The van der Waals surface area contributed by atoms with Gasteiger partial charge in [0.25, 0.3) is 12.5 Å². The Morgan fingerprint density at radius 3 is 2.47 bits per heavy atom. The summed E-state index contributed by atoms with van der Waals surface area (Å²) in [4.78, 5) is 0. The Morgan fingerprint density at radius 1 is 1.06 bits per heavy atom. The lowest BCUT2D eigenvalue weighted by atomic mass is 10.0. The van der Waals surface area contributed by atoms with E-state index >= 15 is 0 Å². The van der Waals surface area contributed by atoms with Crippen LogP contribution >= 0.6 is 0 Å². The first kappa shape index (κ1) is 11.6. The lowest BCUT2D eigenvalue weighted by Gasteiger charge is -2.06. The summed E-state index contributed by atoms with van der Waals surface area (Å²) in [7, 11) is 0. The van der Waals surface area contributed by atoms with Crippen LogP contribution in [0.15, 0.2) is 42.5 Å². The van der Waals surface area contributed by atoms with Crippen LogP contribution in [0.4, 0.5) is 17.6 Å². The van der Waals surface area contributed by atoms with Gasteiger partial charge in [-0.1, -0.05) is 30.3 Å². The van der Waals surface area contributed by atoms with Crippen LogP contribution in [0, 0.1) is 0 Å². The monoisotopic (exact) mass is 240 g/mol. The third kappa shape index (κ3) is 2.46. The predicted molar refractivity (Wildman–Crippen MR) is 59.1 cm³/mol. The molecule has 0 aromatic heterocycles. The molecule has 0 aliphatic heterocycles. The molecule has 0 fully saturated rings. The molecule has 0 amide bonds. The van der Waals surface area contributed by atoms with Gasteiger partial charge >= 0.3 is 0 Å². The van der Waals surface area contributed by atoms with E-state index in [1.54, 1.807) is 6.07 Å². The zero-order chi connectivity index (χ0) is 12.4. The number of halogens is 4. The first-order valence-corrected chi connectivity index (χ1v) is 4.91. The van der Waals surface area contributed by atoms with Crippen molar-refractivity contribution in [3.8, 4) is 0 Å². The van der Waals surface area contributed by atoms with Crippen molar-refractivity contribution in [3.05, 3.63) is 53.6 Å². The molecule has 17 heavy (non-hydrogen) atoms. The summed E-state index contributed by atoms with van der Waals surface area (Å²) in [6, 6.07) is 8.73. The molecule has 0 aliphatic rings. The highest BCUT2D eigenvalue weighted by Crippen LogP contribution is 2.28. The molecular weight excluding hydrogens is 232 g/mol. The Balaban J connectivity index is 2.61. The Labute approximate surface area is 95.2 Å². The summed E-state index contributed by atoms with van der Waals surface area (Å²) < 4.78 is 49.5. The van der Waals surface area contributed by atoms with Gasteiger partial charge in [-0.25, -0.2) is 8.78 Å². The summed E-state index contributed by atoms with van der Waals surface area (Å²) in [6.45, 7) is 0. The molecule has 0 N–H and O–H groups in total. The Bertz CT molecular complexity index is 569. The van der Waals surface area contributed by atoms with Crippen LogP contribution in [0.1, 0.15) is 17.6 Å². The second-order valence-electron chi connectivity index (χ2n) is 3.56.